The Morgan fingerprint density at radius 1 is 1.03 bits per heavy atom. The summed E-state index contributed by atoms with van der Waals surface area (Å²) < 4.78 is 0. The van der Waals surface area contributed by atoms with Crippen molar-refractivity contribution >= 4 is 34.3 Å². The lowest BCUT2D eigenvalue weighted by atomic mass is 10.1. The van der Waals surface area contributed by atoms with E-state index in [0.29, 0.717) is 5.69 Å². The third kappa shape index (κ3) is 4.29. The maximum atomic E-state index is 6.42. The summed E-state index contributed by atoms with van der Waals surface area (Å²) in [5.41, 5.74) is 11.1. The molecule has 0 unspecified atom stereocenters. The van der Waals surface area contributed by atoms with E-state index in [1.165, 1.54) is 21.7 Å². The third-order valence-corrected chi connectivity index (χ3v) is 6.54. The van der Waals surface area contributed by atoms with Crippen molar-refractivity contribution in [2.24, 2.45) is 0 Å². The molecule has 1 fully saturated rings. The molecule has 6 nitrogen and oxygen atoms in total. The predicted molar refractivity (Wildman–Crippen MR) is 123 cm³/mol. The molecule has 29 heavy (non-hydrogen) atoms. The number of nitrogen functional groups attached to an aromatic ring is 1. The van der Waals surface area contributed by atoms with Gasteiger partial charge in [0.1, 0.15) is 12.0 Å². The molecule has 0 bridgehead atoms. The number of nitrogens with one attached hydrogen (secondary N) is 1. The Labute approximate surface area is 176 Å². The summed E-state index contributed by atoms with van der Waals surface area (Å²) in [5, 5.41) is 5.47. The molecule has 1 aliphatic rings. The molecule has 4 rings (SSSR count). The number of hydrogen-bond donors (Lipinski definition) is 2. The molecule has 152 valence electrons. The smallest absolute Gasteiger partial charge is 0.157 e. The molecule has 0 spiro atoms. The van der Waals surface area contributed by atoms with Gasteiger partial charge in [-0.2, -0.15) is 0 Å². The summed E-state index contributed by atoms with van der Waals surface area (Å²) in [6, 6.07) is 10.8. The molecule has 0 atom stereocenters. The van der Waals surface area contributed by atoms with Crippen LogP contribution in [-0.2, 0) is 6.42 Å². The zero-order valence-electron chi connectivity index (χ0n) is 17.1. The number of nitrogens with zero attached hydrogens (tertiary/aromatic N) is 4. The molecular formula is C22H28N6S. The molecular weight excluding hydrogens is 380 g/mol. The quantitative estimate of drug-likeness (QED) is 0.648. The Morgan fingerprint density at radius 2 is 1.83 bits per heavy atom. The van der Waals surface area contributed by atoms with Crippen LogP contribution in [0.5, 0.6) is 0 Å². The summed E-state index contributed by atoms with van der Waals surface area (Å²) in [4.78, 5) is 14.9. The molecule has 1 aromatic carbocycles. The first kappa shape index (κ1) is 19.5. The van der Waals surface area contributed by atoms with E-state index in [9.17, 15) is 0 Å². The van der Waals surface area contributed by atoms with Crippen molar-refractivity contribution in [2.45, 2.75) is 20.3 Å². The Balaban J connectivity index is 1.40. The monoisotopic (exact) mass is 408 g/mol. The number of benzene rings is 1. The van der Waals surface area contributed by atoms with E-state index >= 15 is 0 Å². The fourth-order valence-electron chi connectivity index (χ4n) is 3.78. The van der Waals surface area contributed by atoms with E-state index in [2.05, 4.69) is 74.6 Å². The zero-order chi connectivity index (χ0) is 20.2. The van der Waals surface area contributed by atoms with Crippen LogP contribution in [0.2, 0.25) is 0 Å². The van der Waals surface area contributed by atoms with Gasteiger partial charge in [0.2, 0.25) is 0 Å². The average Bonchev–Trinajstić information content (AvgIpc) is 3.25. The largest absolute Gasteiger partial charge is 0.393 e. The fraction of sp³-hybridized carbons (Fsp3) is 0.364. The van der Waals surface area contributed by atoms with E-state index in [1.54, 1.807) is 17.7 Å². The van der Waals surface area contributed by atoms with Crippen molar-refractivity contribution < 1.29 is 0 Å². The first-order valence-electron chi connectivity index (χ1n) is 10.1. The Hall–Kier alpha value is -2.80. The lowest BCUT2D eigenvalue weighted by molar-refractivity contribution is 0.646. The summed E-state index contributed by atoms with van der Waals surface area (Å²) in [6.07, 6.45) is 2.57. The highest BCUT2D eigenvalue weighted by Gasteiger charge is 2.22. The summed E-state index contributed by atoms with van der Waals surface area (Å²) in [7, 11) is 0. The lowest BCUT2D eigenvalue weighted by Crippen LogP contribution is -2.47. The number of aryl methyl sites for hydroxylation is 1. The molecule has 0 amide bonds. The Morgan fingerprint density at radius 3 is 2.59 bits per heavy atom. The van der Waals surface area contributed by atoms with E-state index in [1.807, 2.05) is 0 Å². The van der Waals surface area contributed by atoms with Gasteiger partial charge in [0.05, 0.1) is 0 Å². The molecule has 1 saturated heterocycles. The second kappa shape index (κ2) is 8.69. The molecule has 0 saturated carbocycles. The van der Waals surface area contributed by atoms with Crippen LogP contribution >= 0.6 is 11.3 Å². The van der Waals surface area contributed by atoms with Gasteiger partial charge >= 0.3 is 0 Å². The van der Waals surface area contributed by atoms with Crippen molar-refractivity contribution in [3.63, 3.8) is 0 Å². The lowest BCUT2D eigenvalue weighted by Gasteiger charge is -2.38. The summed E-state index contributed by atoms with van der Waals surface area (Å²) in [6.45, 7) is 8.87. The van der Waals surface area contributed by atoms with Gasteiger partial charge in [0.25, 0.3) is 0 Å². The molecule has 3 heterocycles. The molecule has 7 heteroatoms. The van der Waals surface area contributed by atoms with Crippen LogP contribution in [0.25, 0.3) is 0 Å². The zero-order valence-corrected chi connectivity index (χ0v) is 17.9. The molecule has 0 radical (unpaired) electrons. The summed E-state index contributed by atoms with van der Waals surface area (Å²) in [5.74, 6) is 1.56. The maximum Gasteiger partial charge on any atom is 0.157 e. The van der Waals surface area contributed by atoms with Crippen LogP contribution in [0, 0.1) is 13.8 Å². The van der Waals surface area contributed by atoms with E-state index in [0.717, 1.165) is 50.8 Å². The van der Waals surface area contributed by atoms with Gasteiger partial charge in [-0.1, -0.05) is 18.2 Å². The topological polar surface area (TPSA) is 70.3 Å². The van der Waals surface area contributed by atoms with Crippen LogP contribution in [0.1, 0.15) is 16.0 Å². The van der Waals surface area contributed by atoms with Crippen LogP contribution in [-0.4, -0.2) is 42.7 Å². The van der Waals surface area contributed by atoms with Crippen molar-refractivity contribution in [1.29, 1.82) is 0 Å². The number of anilines is 4. The molecule has 2 aromatic heterocycles. The van der Waals surface area contributed by atoms with Gasteiger partial charge in [-0.15, -0.1) is 11.3 Å². The third-order valence-electron chi connectivity index (χ3n) is 5.60. The minimum atomic E-state index is 0.638. The van der Waals surface area contributed by atoms with Crippen molar-refractivity contribution in [3.8, 4) is 0 Å². The van der Waals surface area contributed by atoms with Crippen LogP contribution in [0.3, 0.4) is 0 Å². The van der Waals surface area contributed by atoms with Gasteiger partial charge in [-0.05, 0) is 48.9 Å². The second-order valence-corrected chi connectivity index (χ2v) is 8.44. The minimum Gasteiger partial charge on any atom is -0.393 e. The van der Waals surface area contributed by atoms with Crippen molar-refractivity contribution in [1.82, 2.24) is 9.97 Å². The number of rotatable bonds is 6. The molecule has 0 aliphatic carbocycles. The fourth-order valence-corrected chi connectivity index (χ4v) is 4.48. The highest BCUT2D eigenvalue weighted by atomic mass is 32.1. The van der Waals surface area contributed by atoms with Gasteiger partial charge < -0.3 is 20.9 Å². The number of piperazine rings is 1. The second-order valence-electron chi connectivity index (χ2n) is 7.41. The van der Waals surface area contributed by atoms with Gasteiger partial charge in [-0.3, -0.25) is 0 Å². The van der Waals surface area contributed by atoms with Gasteiger partial charge in [-0.25, -0.2) is 9.97 Å². The van der Waals surface area contributed by atoms with E-state index < -0.39 is 0 Å². The van der Waals surface area contributed by atoms with E-state index in [-0.39, 0.29) is 0 Å². The number of hydrogen-bond acceptors (Lipinski definition) is 7. The first-order valence-corrected chi connectivity index (χ1v) is 10.9. The number of nitrogens with two attached hydrogens (primary N) is 1. The molecule has 3 aromatic rings. The highest BCUT2D eigenvalue weighted by molar-refractivity contribution is 7.09. The molecule has 1 aliphatic heterocycles. The summed E-state index contributed by atoms with van der Waals surface area (Å²) >= 11 is 1.77. The molecule has 3 N–H and O–H groups in total. The van der Waals surface area contributed by atoms with Crippen LogP contribution in [0.15, 0.2) is 42.0 Å². The standard InChI is InChI=1S/C22H28N6S/c1-16-5-3-7-19(17(16)2)27-10-12-28(13-11-27)22-20(23)21(25-15-26-22)24-9-8-18-6-4-14-29-18/h3-7,14-15H,8-13,23H2,1-2H3,(H,24,25,26). The maximum absolute atomic E-state index is 6.42. The normalized spacial score (nSPS) is 14.3. The first-order chi connectivity index (χ1) is 14.1. The minimum absolute atomic E-state index is 0.638. The van der Waals surface area contributed by atoms with Gasteiger partial charge in [0, 0.05) is 43.3 Å². The average molecular weight is 409 g/mol. The van der Waals surface area contributed by atoms with Crippen molar-refractivity contribution in [2.75, 3.05) is 53.6 Å². The number of aromatic nitrogens is 2. The van der Waals surface area contributed by atoms with Crippen molar-refractivity contribution in [3.05, 3.63) is 58.0 Å². The number of thiophene rings is 1. The highest BCUT2D eigenvalue weighted by Crippen LogP contribution is 2.29. The van der Waals surface area contributed by atoms with Crippen LogP contribution in [0.4, 0.5) is 23.0 Å². The SMILES string of the molecule is Cc1cccc(N2CCN(c3ncnc(NCCc4cccs4)c3N)CC2)c1C. The van der Waals surface area contributed by atoms with E-state index in [4.69, 9.17) is 5.73 Å². The predicted octanol–water partition coefficient (Wildman–Crippen LogP) is 3.72. The van der Waals surface area contributed by atoms with Crippen LogP contribution < -0.4 is 20.9 Å². The van der Waals surface area contributed by atoms with Gasteiger partial charge in [0.15, 0.2) is 11.6 Å². The Kier molecular flexibility index (Phi) is 5.85. The Bertz CT molecular complexity index is 948.